The van der Waals surface area contributed by atoms with E-state index in [1.54, 1.807) is 0 Å². The summed E-state index contributed by atoms with van der Waals surface area (Å²) in [5.41, 5.74) is 1.97. The van der Waals surface area contributed by atoms with Crippen molar-refractivity contribution in [1.29, 1.82) is 0 Å². The quantitative estimate of drug-likeness (QED) is 0.756. The van der Waals surface area contributed by atoms with E-state index in [9.17, 15) is 0 Å². The number of halogens is 1. The van der Waals surface area contributed by atoms with Gasteiger partial charge >= 0.3 is 7.12 Å². The lowest BCUT2D eigenvalue weighted by Gasteiger charge is -2.32. The first-order chi connectivity index (χ1) is 9.69. The van der Waals surface area contributed by atoms with Crippen LogP contribution in [-0.2, 0) is 9.31 Å². The molecule has 2 heterocycles. The number of nitrogens with zero attached hydrogens (tertiary/aromatic N) is 1. The van der Waals surface area contributed by atoms with Gasteiger partial charge in [0.15, 0.2) is 0 Å². The molecule has 1 aromatic heterocycles. The van der Waals surface area contributed by atoms with Crippen molar-refractivity contribution >= 4 is 35.1 Å². The summed E-state index contributed by atoms with van der Waals surface area (Å²) in [5.74, 6) is 0. The van der Waals surface area contributed by atoms with Gasteiger partial charge in [-0.3, -0.25) is 4.98 Å². The van der Waals surface area contributed by atoms with Crippen LogP contribution in [0.2, 0.25) is 5.02 Å². The summed E-state index contributed by atoms with van der Waals surface area (Å²) in [6.07, 6.45) is 0. The number of pyridine rings is 1. The fraction of sp³-hybridized carbons (Fsp3) is 0.438. The van der Waals surface area contributed by atoms with Crippen LogP contribution in [-0.4, -0.2) is 23.3 Å². The van der Waals surface area contributed by atoms with Crippen LogP contribution in [0.15, 0.2) is 24.3 Å². The topological polar surface area (TPSA) is 31.4 Å². The lowest BCUT2D eigenvalue weighted by Crippen LogP contribution is -2.41. The number of benzene rings is 1. The summed E-state index contributed by atoms with van der Waals surface area (Å²) in [5, 5.41) is 1.66. The van der Waals surface area contributed by atoms with E-state index in [1.807, 2.05) is 58.9 Å². The molecule has 0 amide bonds. The van der Waals surface area contributed by atoms with E-state index < -0.39 is 7.12 Å². The van der Waals surface area contributed by atoms with E-state index in [4.69, 9.17) is 20.9 Å². The van der Waals surface area contributed by atoms with Gasteiger partial charge in [-0.05, 0) is 52.1 Å². The second kappa shape index (κ2) is 4.70. The van der Waals surface area contributed by atoms with Crippen LogP contribution in [0.25, 0.3) is 10.9 Å². The SMILES string of the molecule is Cc1ccc2cc(B3OC(C)(C)C(C)(C)O3)c(Cl)cc2n1. The van der Waals surface area contributed by atoms with Crippen LogP contribution < -0.4 is 5.46 Å². The van der Waals surface area contributed by atoms with Crippen molar-refractivity contribution in [3.8, 4) is 0 Å². The van der Waals surface area contributed by atoms with E-state index in [2.05, 4.69) is 4.98 Å². The Hall–Kier alpha value is -1.10. The highest BCUT2D eigenvalue weighted by atomic mass is 35.5. The van der Waals surface area contributed by atoms with E-state index >= 15 is 0 Å². The van der Waals surface area contributed by atoms with Crippen LogP contribution >= 0.6 is 11.6 Å². The maximum atomic E-state index is 6.42. The highest BCUT2D eigenvalue weighted by molar-refractivity contribution is 6.66. The molecule has 0 radical (unpaired) electrons. The third-order valence-electron chi connectivity index (χ3n) is 4.45. The molecule has 3 nitrogen and oxygen atoms in total. The maximum Gasteiger partial charge on any atom is 0.496 e. The maximum absolute atomic E-state index is 6.42. The summed E-state index contributed by atoms with van der Waals surface area (Å²) in [6.45, 7) is 10.1. The molecular formula is C16H19BClNO2. The lowest BCUT2D eigenvalue weighted by atomic mass is 9.78. The highest BCUT2D eigenvalue weighted by Crippen LogP contribution is 2.37. The average Bonchev–Trinajstić information content (AvgIpc) is 2.57. The third kappa shape index (κ3) is 2.46. The predicted octanol–water partition coefficient (Wildman–Crippen LogP) is 3.50. The molecule has 0 atom stereocenters. The number of aromatic nitrogens is 1. The molecule has 1 saturated heterocycles. The number of aryl methyl sites for hydroxylation is 1. The van der Waals surface area contributed by atoms with Crippen molar-refractivity contribution in [3.05, 3.63) is 35.0 Å². The molecule has 1 aromatic carbocycles. The monoisotopic (exact) mass is 303 g/mol. The van der Waals surface area contributed by atoms with Gasteiger partial charge in [0.1, 0.15) is 0 Å². The van der Waals surface area contributed by atoms with Gasteiger partial charge < -0.3 is 9.31 Å². The minimum absolute atomic E-state index is 0.374. The summed E-state index contributed by atoms with van der Waals surface area (Å²) >= 11 is 6.42. The highest BCUT2D eigenvalue weighted by Gasteiger charge is 2.52. The Bertz CT molecular complexity index is 699. The Morgan fingerprint density at radius 2 is 1.67 bits per heavy atom. The number of hydrogen-bond donors (Lipinski definition) is 0. The van der Waals surface area contributed by atoms with Gasteiger partial charge in [0.2, 0.25) is 0 Å². The minimum atomic E-state index is -0.451. The molecular weight excluding hydrogens is 284 g/mol. The second-order valence-corrected chi connectivity index (χ2v) is 7.01. The van der Waals surface area contributed by atoms with Crippen molar-refractivity contribution in [2.24, 2.45) is 0 Å². The van der Waals surface area contributed by atoms with Gasteiger partial charge in [-0.15, -0.1) is 0 Å². The molecule has 0 N–H and O–H groups in total. The van der Waals surface area contributed by atoms with Crippen LogP contribution in [0.4, 0.5) is 0 Å². The zero-order chi connectivity index (χ0) is 15.4. The minimum Gasteiger partial charge on any atom is -0.399 e. The molecule has 0 unspecified atom stereocenters. The van der Waals surface area contributed by atoms with Gasteiger partial charge in [0, 0.05) is 16.2 Å². The molecule has 0 saturated carbocycles. The van der Waals surface area contributed by atoms with Crippen LogP contribution in [0.3, 0.4) is 0 Å². The van der Waals surface area contributed by atoms with Crippen molar-refractivity contribution < 1.29 is 9.31 Å². The fourth-order valence-corrected chi connectivity index (χ4v) is 2.66. The second-order valence-electron chi connectivity index (χ2n) is 6.61. The van der Waals surface area contributed by atoms with Gasteiger partial charge in [0.25, 0.3) is 0 Å². The largest absolute Gasteiger partial charge is 0.496 e. The van der Waals surface area contributed by atoms with Crippen molar-refractivity contribution in [2.75, 3.05) is 0 Å². The first kappa shape index (κ1) is 14.8. The van der Waals surface area contributed by atoms with Crippen LogP contribution in [0.1, 0.15) is 33.4 Å². The third-order valence-corrected chi connectivity index (χ3v) is 4.78. The summed E-state index contributed by atoms with van der Waals surface area (Å²) < 4.78 is 12.2. The predicted molar refractivity (Wildman–Crippen MR) is 87.2 cm³/mol. The average molecular weight is 304 g/mol. The molecule has 0 aliphatic carbocycles. The Morgan fingerprint density at radius 3 is 2.29 bits per heavy atom. The Labute approximate surface area is 130 Å². The standard InChI is InChI=1S/C16H19BClNO2/c1-10-6-7-11-8-12(13(18)9-14(11)19-10)17-20-15(2,3)16(4,5)21-17/h6-9H,1-5H3. The molecule has 21 heavy (non-hydrogen) atoms. The van der Waals surface area contributed by atoms with E-state index in [-0.39, 0.29) is 11.2 Å². The Balaban J connectivity index is 2.06. The smallest absolute Gasteiger partial charge is 0.399 e. The fourth-order valence-electron chi connectivity index (χ4n) is 2.42. The normalized spacial score (nSPS) is 20.2. The number of rotatable bonds is 1. The zero-order valence-electron chi connectivity index (χ0n) is 13.0. The zero-order valence-corrected chi connectivity index (χ0v) is 13.8. The molecule has 0 bridgehead atoms. The molecule has 1 aliphatic rings. The van der Waals surface area contributed by atoms with Gasteiger partial charge in [-0.2, -0.15) is 0 Å². The van der Waals surface area contributed by atoms with E-state index in [0.29, 0.717) is 5.02 Å². The summed E-state index contributed by atoms with van der Waals surface area (Å²) in [6, 6.07) is 7.92. The first-order valence-corrected chi connectivity index (χ1v) is 7.50. The molecule has 1 fully saturated rings. The molecule has 2 aromatic rings. The summed E-state index contributed by atoms with van der Waals surface area (Å²) in [7, 11) is -0.451. The van der Waals surface area contributed by atoms with Crippen molar-refractivity contribution in [2.45, 2.75) is 45.8 Å². The summed E-state index contributed by atoms with van der Waals surface area (Å²) in [4.78, 5) is 4.50. The van der Waals surface area contributed by atoms with Gasteiger partial charge in [-0.25, -0.2) is 0 Å². The Kier molecular flexibility index (Phi) is 3.32. The number of hydrogen-bond acceptors (Lipinski definition) is 3. The first-order valence-electron chi connectivity index (χ1n) is 7.12. The van der Waals surface area contributed by atoms with Crippen LogP contribution in [0.5, 0.6) is 0 Å². The van der Waals surface area contributed by atoms with Gasteiger partial charge in [0.05, 0.1) is 16.7 Å². The van der Waals surface area contributed by atoms with Crippen molar-refractivity contribution in [3.63, 3.8) is 0 Å². The van der Waals surface area contributed by atoms with E-state index in [1.165, 1.54) is 0 Å². The lowest BCUT2D eigenvalue weighted by molar-refractivity contribution is 0.00578. The molecule has 1 aliphatic heterocycles. The Morgan fingerprint density at radius 1 is 1.05 bits per heavy atom. The molecule has 110 valence electrons. The van der Waals surface area contributed by atoms with E-state index in [0.717, 1.165) is 22.1 Å². The molecule has 0 spiro atoms. The van der Waals surface area contributed by atoms with Gasteiger partial charge in [-0.1, -0.05) is 23.7 Å². The van der Waals surface area contributed by atoms with Crippen molar-refractivity contribution in [1.82, 2.24) is 4.98 Å². The number of fused-ring (bicyclic) bond motifs is 1. The molecule has 3 rings (SSSR count). The van der Waals surface area contributed by atoms with Crippen LogP contribution in [0, 0.1) is 6.92 Å². The molecule has 5 heteroatoms.